The van der Waals surface area contributed by atoms with Crippen molar-refractivity contribution in [1.82, 2.24) is 4.98 Å². The topological polar surface area (TPSA) is 22.1 Å². The molecule has 0 aliphatic carbocycles. The Morgan fingerprint density at radius 3 is 2.56 bits per heavy atom. The van der Waals surface area contributed by atoms with E-state index in [1.54, 1.807) is 11.3 Å². The highest BCUT2D eigenvalue weighted by atomic mass is 32.1. The predicted octanol–water partition coefficient (Wildman–Crippen LogP) is 4.02. The number of ether oxygens (including phenoxy) is 1. The van der Waals surface area contributed by atoms with Crippen LogP contribution in [-0.4, -0.2) is 4.98 Å². The standard InChI is InChI=1S/C14H17NOS2/c1-3-11-4-6-12(7-5-11)16-8-14-15-10(2)13(9-17)18-14/h4-7,17H,3,8-9H2,1-2H3. The lowest BCUT2D eigenvalue weighted by atomic mass is 10.2. The minimum atomic E-state index is 0.532. The van der Waals surface area contributed by atoms with Crippen molar-refractivity contribution >= 4 is 24.0 Å². The van der Waals surface area contributed by atoms with Crippen LogP contribution in [0.3, 0.4) is 0 Å². The van der Waals surface area contributed by atoms with Gasteiger partial charge in [0, 0.05) is 10.6 Å². The molecule has 0 aliphatic rings. The Morgan fingerprint density at radius 2 is 2.00 bits per heavy atom. The van der Waals surface area contributed by atoms with Gasteiger partial charge in [-0.05, 0) is 31.0 Å². The van der Waals surface area contributed by atoms with Gasteiger partial charge in [-0.2, -0.15) is 12.6 Å². The van der Waals surface area contributed by atoms with Gasteiger partial charge in [-0.25, -0.2) is 4.98 Å². The summed E-state index contributed by atoms with van der Waals surface area (Å²) < 4.78 is 5.73. The Kier molecular flexibility index (Phi) is 4.66. The zero-order valence-electron chi connectivity index (χ0n) is 10.6. The van der Waals surface area contributed by atoms with Crippen molar-refractivity contribution in [2.75, 3.05) is 0 Å². The van der Waals surface area contributed by atoms with Crippen molar-refractivity contribution < 1.29 is 4.74 Å². The minimum Gasteiger partial charge on any atom is -0.486 e. The SMILES string of the molecule is CCc1ccc(OCc2nc(C)c(CS)s2)cc1. The molecule has 1 aromatic carbocycles. The number of thiol groups is 1. The van der Waals surface area contributed by atoms with E-state index in [4.69, 9.17) is 4.74 Å². The van der Waals surface area contributed by atoms with Gasteiger partial charge >= 0.3 is 0 Å². The molecule has 4 heteroatoms. The maximum Gasteiger partial charge on any atom is 0.140 e. The molecule has 2 aromatic rings. The van der Waals surface area contributed by atoms with E-state index in [9.17, 15) is 0 Å². The molecule has 0 radical (unpaired) electrons. The van der Waals surface area contributed by atoms with Gasteiger partial charge in [0.05, 0.1) is 5.69 Å². The molecular weight excluding hydrogens is 262 g/mol. The molecule has 1 heterocycles. The minimum absolute atomic E-state index is 0.532. The smallest absolute Gasteiger partial charge is 0.140 e. The lowest BCUT2D eigenvalue weighted by molar-refractivity contribution is 0.305. The maximum absolute atomic E-state index is 5.73. The van der Waals surface area contributed by atoms with Crippen molar-refractivity contribution in [3.63, 3.8) is 0 Å². The fourth-order valence-corrected chi connectivity index (χ4v) is 2.93. The fourth-order valence-electron chi connectivity index (χ4n) is 1.66. The Hall–Kier alpha value is -1.00. The molecular formula is C14H17NOS2. The largest absolute Gasteiger partial charge is 0.486 e. The Morgan fingerprint density at radius 1 is 1.28 bits per heavy atom. The molecule has 0 amide bonds. The molecule has 0 atom stereocenters. The third-order valence-electron chi connectivity index (χ3n) is 2.77. The van der Waals surface area contributed by atoms with Crippen LogP contribution in [0.15, 0.2) is 24.3 Å². The van der Waals surface area contributed by atoms with Gasteiger partial charge < -0.3 is 4.74 Å². The Bertz CT molecular complexity index is 505. The summed E-state index contributed by atoms with van der Waals surface area (Å²) >= 11 is 5.96. The van der Waals surface area contributed by atoms with Crippen LogP contribution in [0.4, 0.5) is 0 Å². The number of rotatable bonds is 5. The van der Waals surface area contributed by atoms with E-state index in [-0.39, 0.29) is 0 Å². The number of thiazole rings is 1. The summed E-state index contributed by atoms with van der Waals surface area (Å²) in [6.07, 6.45) is 1.05. The molecule has 1 aromatic heterocycles. The van der Waals surface area contributed by atoms with E-state index in [1.165, 1.54) is 10.4 Å². The predicted molar refractivity (Wildman–Crippen MR) is 79.7 cm³/mol. The monoisotopic (exact) mass is 279 g/mol. The van der Waals surface area contributed by atoms with Gasteiger partial charge in [-0.15, -0.1) is 11.3 Å². The number of aryl methyl sites for hydroxylation is 2. The molecule has 2 nitrogen and oxygen atoms in total. The molecule has 0 bridgehead atoms. The highest BCUT2D eigenvalue weighted by Crippen LogP contribution is 2.21. The fraction of sp³-hybridized carbons (Fsp3) is 0.357. The highest BCUT2D eigenvalue weighted by Gasteiger charge is 2.06. The van der Waals surface area contributed by atoms with Crippen molar-refractivity contribution in [3.8, 4) is 5.75 Å². The van der Waals surface area contributed by atoms with Crippen LogP contribution in [0.25, 0.3) is 0 Å². The van der Waals surface area contributed by atoms with Crippen LogP contribution in [0.1, 0.15) is 28.1 Å². The zero-order valence-corrected chi connectivity index (χ0v) is 12.4. The van der Waals surface area contributed by atoms with Crippen LogP contribution in [0.5, 0.6) is 5.75 Å². The van der Waals surface area contributed by atoms with Gasteiger partial charge in [-0.3, -0.25) is 0 Å². The average molecular weight is 279 g/mol. The third kappa shape index (κ3) is 3.27. The van der Waals surface area contributed by atoms with Crippen LogP contribution < -0.4 is 4.74 Å². The molecule has 0 N–H and O–H groups in total. The summed E-state index contributed by atoms with van der Waals surface area (Å²) in [6.45, 7) is 4.69. The lowest BCUT2D eigenvalue weighted by Crippen LogP contribution is -1.94. The second kappa shape index (κ2) is 6.25. The van der Waals surface area contributed by atoms with Crippen molar-refractivity contribution in [3.05, 3.63) is 45.4 Å². The molecule has 18 heavy (non-hydrogen) atoms. The van der Waals surface area contributed by atoms with Crippen molar-refractivity contribution in [2.45, 2.75) is 32.6 Å². The quantitative estimate of drug-likeness (QED) is 0.835. The zero-order chi connectivity index (χ0) is 13.0. The highest BCUT2D eigenvalue weighted by molar-refractivity contribution is 7.79. The van der Waals surface area contributed by atoms with E-state index >= 15 is 0 Å². The summed E-state index contributed by atoms with van der Waals surface area (Å²) in [7, 11) is 0. The summed E-state index contributed by atoms with van der Waals surface area (Å²) in [5.41, 5.74) is 2.39. The molecule has 96 valence electrons. The Labute approximate surface area is 117 Å². The van der Waals surface area contributed by atoms with Crippen LogP contribution in [0.2, 0.25) is 0 Å². The van der Waals surface area contributed by atoms with Crippen LogP contribution in [0, 0.1) is 6.92 Å². The molecule has 0 aliphatic heterocycles. The molecule has 2 rings (SSSR count). The number of hydrogen-bond donors (Lipinski definition) is 1. The van der Waals surface area contributed by atoms with Crippen LogP contribution >= 0.6 is 24.0 Å². The number of aromatic nitrogens is 1. The van der Waals surface area contributed by atoms with E-state index in [0.29, 0.717) is 6.61 Å². The lowest BCUT2D eigenvalue weighted by Gasteiger charge is -2.04. The van der Waals surface area contributed by atoms with Gasteiger partial charge in [0.2, 0.25) is 0 Å². The molecule has 0 saturated carbocycles. The number of benzene rings is 1. The van der Waals surface area contributed by atoms with Crippen molar-refractivity contribution in [2.24, 2.45) is 0 Å². The average Bonchev–Trinajstić information content (AvgIpc) is 2.77. The Balaban J connectivity index is 1.97. The van der Waals surface area contributed by atoms with E-state index in [0.717, 1.165) is 28.6 Å². The first-order valence-electron chi connectivity index (χ1n) is 6.00. The van der Waals surface area contributed by atoms with Gasteiger partial charge in [-0.1, -0.05) is 19.1 Å². The van der Waals surface area contributed by atoms with Gasteiger partial charge in [0.15, 0.2) is 0 Å². The second-order valence-corrected chi connectivity index (χ2v) is 5.54. The first-order chi connectivity index (χ1) is 8.72. The maximum atomic E-state index is 5.73. The van der Waals surface area contributed by atoms with E-state index in [1.807, 2.05) is 19.1 Å². The normalized spacial score (nSPS) is 10.6. The van der Waals surface area contributed by atoms with E-state index in [2.05, 4.69) is 36.7 Å². The summed E-state index contributed by atoms with van der Waals surface area (Å²) in [5, 5.41) is 1.01. The number of hydrogen-bond acceptors (Lipinski definition) is 4. The van der Waals surface area contributed by atoms with Crippen LogP contribution in [-0.2, 0) is 18.8 Å². The summed E-state index contributed by atoms with van der Waals surface area (Å²) in [4.78, 5) is 5.70. The molecule has 0 spiro atoms. The molecule has 0 saturated heterocycles. The first-order valence-corrected chi connectivity index (χ1v) is 7.45. The number of nitrogens with zero attached hydrogens (tertiary/aromatic N) is 1. The summed E-state index contributed by atoms with van der Waals surface area (Å²) in [6, 6.07) is 8.22. The molecule has 0 unspecified atom stereocenters. The van der Waals surface area contributed by atoms with Crippen molar-refractivity contribution in [1.29, 1.82) is 0 Å². The van der Waals surface area contributed by atoms with Gasteiger partial charge in [0.25, 0.3) is 0 Å². The van der Waals surface area contributed by atoms with Gasteiger partial charge in [0.1, 0.15) is 17.4 Å². The summed E-state index contributed by atoms with van der Waals surface area (Å²) in [5.74, 6) is 1.64. The first kappa shape index (κ1) is 13.4. The third-order valence-corrected chi connectivity index (χ3v) is 4.44. The van der Waals surface area contributed by atoms with E-state index < -0.39 is 0 Å². The molecule has 0 fully saturated rings. The second-order valence-electron chi connectivity index (χ2n) is 4.06.